The number of benzene rings is 3. The van der Waals surface area contributed by atoms with Gasteiger partial charge in [0.15, 0.2) is 0 Å². The van der Waals surface area contributed by atoms with Gasteiger partial charge in [-0.05, 0) is 42.5 Å². The average molecular weight is 411 g/mol. The zero-order chi connectivity index (χ0) is 19.5. The Kier molecular flexibility index (Phi) is 5.46. The first kappa shape index (κ1) is 18.7. The van der Waals surface area contributed by atoms with Gasteiger partial charge in [0.1, 0.15) is 5.75 Å². The fraction of sp³-hybridized carbons (Fsp3) is 0.136. The summed E-state index contributed by atoms with van der Waals surface area (Å²) in [4.78, 5) is 17.2. The fourth-order valence-corrected chi connectivity index (χ4v) is 4.49. The number of carbonyl (C=O) groups is 1. The molecule has 1 aliphatic heterocycles. The summed E-state index contributed by atoms with van der Waals surface area (Å²) in [5.41, 5.74) is 2.83. The Morgan fingerprint density at radius 2 is 1.68 bits per heavy atom. The summed E-state index contributed by atoms with van der Waals surface area (Å²) in [5, 5.41) is 3.46. The summed E-state index contributed by atoms with van der Waals surface area (Å²) >= 11 is 7.81. The second kappa shape index (κ2) is 8.17. The molecular formula is C22H19ClN2O2S. The van der Waals surface area contributed by atoms with Crippen LogP contribution in [0.5, 0.6) is 5.75 Å². The highest BCUT2D eigenvalue weighted by atomic mass is 35.5. The smallest absolute Gasteiger partial charge is 0.226 e. The van der Waals surface area contributed by atoms with Crippen LogP contribution in [0.4, 0.5) is 17.1 Å². The van der Waals surface area contributed by atoms with Gasteiger partial charge in [-0.25, -0.2) is 0 Å². The Hall–Kier alpha value is -2.63. The summed E-state index contributed by atoms with van der Waals surface area (Å²) in [6.07, 6.45) is 0.336. The van der Waals surface area contributed by atoms with Crippen LogP contribution < -0.4 is 15.0 Å². The molecular weight excluding hydrogens is 392 g/mol. The topological polar surface area (TPSA) is 41.6 Å². The Morgan fingerprint density at radius 1 is 1.04 bits per heavy atom. The molecule has 1 amide bonds. The predicted molar refractivity (Wildman–Crippen MR) is 115 cm³/mol. The highest BCUT2D eigenvalue weighted by Gasteiger charge is 2.23. The lowest BCUT2D eigenvalue weighted by atomic mass is 10.2. The molecule has 1 heterocycles. The van der Waals surface area contributed by atoms with E-state index in [0.29, 0.717) is 29.4 Å². The number of nitrogens with zero attached hydrogens (tertiary/aromatic N) is 1. The van der Waals surface area contributed by atoms with Crippen molar-refractivity contribution < 1.29 is 9.53 Å². The third-order valence-electron chi connectivity index (χ3n) is 4.53. The number of carbonyl (C=O) groups excluding carboxylic acids is 1. The average Bonchev–Trinajstić information content (AvgIpc) is 2.71. The van der Waals surface area contributed by atoms with Gasteiger partial charge in [0, 0.05) is 27.8 Å². The van der Waals surface area contributed by atoms with Crippen LogP contribution in [0, 0.1) is 0 Å². The van der Waals surface area contributed by atoms with Crippen molar-refractivity contribution in [3.8, 4) is 5.75 Å². The second-order valence-electron chi connectivity index (χ2n) is 6.33. The van der Waals surface area contributed by atoms with E-state index >= 15 is 0 Å². The van der Waals surface area contributed by atoms with Gasteiger partial charge in [-0.15, -0.1) is 0 Å². The number of methoxy groups -OCH3 is 1. The van der Waals surface area contributed by atoms with E-state index in [1.54, 1.807) is 37.1 Å². The van der Waals surface area contributed by atoms with Crippen LogP contribution in [0.3, 0.4) is 0 Å². The summed E-state index contributed by atoms with van der Waals surface area (Å²) < 4.78 is 5.30. The lowest BCUT2D eigenvalue weighted by Gasteiger charge is -2.32. The van der Waals surface area contributed by atoms with Crippen LogP contribution in [0.2, 0.25) is 5.02 Å². The van der Waals surface area contributed by atoms with Gasteiger partial charge >= 0.3 is 0 Å². The molecule has 28 heavy (non-hydrogen) atoms. The zero-order valence-corrected chi connectivity index (χ0v) is 16.9. The molecule has 0 saturated carbocycles. The fourth-order valence-electron chi connectivity index (χ4n) is 3.23. The number of ether oxygens (including phenoxy) is 1. The van der Waals surface area contributed by atoms with E-state index in [-0.39, 0.29) is 5.91 Å². The quantitative estimate of drug-likeness (QED) is 0.561. The molecule has 4 nitrogen and oxygen atoms in total. The van der Waals surface area contributed by atoms with E-state index in [9.17, 15) is 4.79 Å². The van der Waals surface area contributed by atoms with Crippen molar-refractivity contribution >= 4 is 46.3 Å². The van der Waals surface area contributed by atoms with E-state index in [2.05, 4.69) is 34.5 Å². The van der Waals surface area contributed by atoms with E-state index in [1.165, 1.54) is 9.79 Å². The minimum absolute atomic E-state index is 0.0891. The van der Waals surface area contributed by atoms with Gasteiger partial charge in [0.25, 0.3) is 0 Å². The third-order valence-corrected chi connectivity index (χ3v) is 5.90. The molecule has 0 atom stereocenters. The van der Waals surface area contributed by atoms with Crippen molar-refractivity contribution in [1.29, 1.82) is 0 Å². The van der Waals surface area contributed by atoms with Crippen molar-refractivity contribution in [3.05, 3.63) is 71.8 Å². The summed E-state index contributed by atoms with van der Waals surface area (Å²) in [7, 11) is 1.57. The van der Waals surface area contributed by atoms with Crippen LogP contribution in [0.1, 0.15) is 6.42 Å². The Labute approximate surface area is 173 Å². The first-order valence-corrected chi connectivity index (χ1v) is 10.1. The molecule has 3 aromatic carbocycles. The van der Waals surface area contributed by atoms with E-state index in [4.69, 9.17) is 16.3 Å². The third kappa shape index (κ3) is 3.81. The van der Waals surface area contributed by atoms with Crippen LogP contribution in [-0.2, 0) is 4.79 Å². The maximum Gasteiger partial charge on any atom is 0.226 e. The molecule has 0 unspecified atom stereocenters. The summed E-state index contributed by atoms with van der Waals surface area (Å²) in [5.74, 6) is 0.497. The van der Waals surface area contributed by atoms with Crippen LogP contribution in [0.15, 0.2) is 76.5 Å². The Morgan fingerprint density at radius 3 is 2.32 bits per heavy atom. The Balaban J connectivity index is 1.52. The van der Waals surface area contributed by atoms with Gasteiger partial charge in [-0.3, -0.25) is 4.79 Å². The largest absolute Gasteiger partial charge is 0.495 e. The van der Waals surface area contributed by atoms with Crippen LogP contribution in [-0.4, -0.2) is 19.6 Å². The van der Waals surface area contributed by atoms with Crippen molar-refractivity contribution in [2.45, 2.75) is 16.2 Å². The number of nitrogens with one attached hydrogen (secondary N) is 1. The predicted octanol–water partition coefficient (Wildman–Crippen LogP) is 5.98. The maximum absolute atomic E-state index is 12.6. The minimum Gasteiger partial charge on any atom is -0.495 e. The number of para-hydroxylation sites is 2. The number of halogens is 1. The molecule has 0 spiro atoms. The van der Waals surface area contributed by atoms with Crippen LogP contribution in [0.25, 0.3) is 0 Å². The molecule has 1 N–H and O–H groups in total. The molecule has 0 aliphatic carbocycles. The zero-order valence-electron chi connectivity index (χ0n) is 15.3. The van der Waals surface area contributed by atoms with Crippen molar-refractivity contribution in [2.24, 2.45) is 0 Å². The highest BCUT2D eigenvalue weighted by molar-refractivity contribution is 7.99. The summed E-state index contributed by atoms with van der Waals surface area (Å²) in [6.45, 7) is 0.573. The van der Waals surface area contributed by atoms with Crippen LogP contribution >= 0.6 is 23.4 Å². The molecule has 0 aromatic heterocycles. The highest BCUT2D eigenvalue weighted by Crippen LogP contribution is 2.47. The molecule has 0 bridgehead atoms. The molecule has 3 aromatic rings. The Bertz CT molecular complexity index is 979. The van der Waals surface area contributed by atoms with E-state index in [1.807, 2.05) is 24.3 Å². The molecule has 0 radical (unpaired) electrons. The number of hydrogen-bond donors (Lipinski definition) is 1. The van der Waals surface area contributed by atoms with Gasteiger partial charge < -0.3 is 15.0 Å². The molecule has 6 heteroatoms. The lowest BCUT2D eigenvalue weighted by molar-refractivity contribution is -0.116. The normalized spacial score (nSPS) is 12.1. The standard InChI is InChI=1S/C22H19ClN2O2S/c1-27-19-11-10-15(23)14-16(19)24-22(26)12-13-25-17-6-2-4-8-20(17)28-21-9-5-3-7-18(21)25/h2-11,14H,12-13H2,1H3,(H,24,26). The maximum atomic E-state index is 12.6. The second-order valence-corrected chi connectivity index (χ2v) is 7.85. The number of hydrogen-bond acceptors (Lipinski definition) is 4. The monoisotopic (exact) mass is 410 g/mol. The lowest BCUT2D eigenvalue weighted by Crippen LogP contribution is -2.26. The van der Waals surface area contributed by atoms with Crippen molar-refractivity contribution in [1.82, 2.24) is 0 Å². The number of anilines is 3. The molecule has 4 rings (SSSR count). The molecule has 0 saturated heterocycles. The SMILES string of the molecule is COc1ccc(Cl)cc1NC(=O)CCN1c2ccccc2Sc2ccccc21. The minimum atomic E-state index is -0.0891. The molecule has 1 aliphatic rings. The molecule has 0 fully saturated rings. The van der Waals surface area contributed by atoms with Crippen molar-refractivity contribution in [3.63, 3.8) is 0 Å². The number of amides is 1. The van der Waals surface area contributed by atoms with Gasteiger partial charge in [0.2, 0.25) is 5.91 Å². The molecule has 142 valence electrons. The van der Waals surface area contributed by atoms with Gasteiger partial charge in [-0.1, -0.05) is 47.6 Å². The first-order chi connectivity index (χ1) is 13.7. The van der Waals surface area contributed by atoms with Crippen molar-refractivity contribution in [2.75, 3.05) is 23.9 Å². The number of fused-ring (bicyclic) bond motifs is 2. The first-order valence-electron chi connectivity index (χ1n) is 8.92. The van der Waals surface area contributed by atoms with E-state index in [0.717, 1.165) is 11.4 Å². The summed E-state index contributed by atoms with van der Waals surface area (Å²) in [6, 6.07) is 21.7. The van der Waals surface area contributed by atoms with Gasteiger partial charge in [-0.2, -0.15) is 0 Å². The van der Waals surface area contributed by atoms with E-state index < -0.39 is 0 Å². The number of rotatable bonds is 5. The van der Waals surface area contributed by atoms with Gasteiger partial charge in [0.05, 0.1) is 24.2 Å².